The number of ether oxygens (including phenoxy) is 2. The van der Waals surface area contributed by atoms with Crippen molar-refractivity contribution in [2.24, 2.45) is 0 Å². The van der Waals surface area contributed by atoms with Crippen molar-refractivity contribution in [3.8, 4) is 67.9 Å². The highest BCUT2D eigenvalue weighted by Gasteiger charge is 2.18. The number of hydrogen-bond acceptors (Lipinski definition) is 7. The van der Waals surface area contributed by atoms with Crippen LogP contribution in [-0.4, -0.2) is 50.6 Å². The van der Waals surface area contributed by atoms with Gasteiger partial charge in [0.25, 0.3) is 0 Å². The fourth-order valence-corrected chi connectivity index (χ4v) is 7.21. The molecule has 1 heterocycles. The van der Waals surface area contributed by atoms with Crippen LogP contribution in [0.5, 0.6) is 11.5 Å². The fraction of sp³-hybridized carbons (Fsp3) is 0.312. The minimum atomic E-state index is -0.779. The lowest BCUT2D eigenvalue weighted by molar-refractivity contribution is -0.0316. The Morgan fingerprint density at radius 1 is 0.491 bits per heavy atom. The monoisotopic (exact) mass is 733 g/mol. The lowest BCUT2D eigenvalue weighted by Crippen LogP contribution is -2.27. The largest absolute Gasteiger partial charge is 0.507 e. The van der Waals surface area contributed by atoms with Crippen LogP contribution in [0.3, 0.4) is 0 Å². The number of phenols is 1. The second-order valence-corrected chi connectivity index (χ2v) is 14.6. The molecule has 7 rings (SSSR count). The first kappa shape index (κ1) is 37.9. The number of aliphatic hydroxyl groups is 1. The van der Waals surface area contributed by atoms with E-state index in [0.29, 0.717) is 28.8 Å². The molecule has 0 bridgehead atoms. The van der Waals surface area contributed by atoms with Gasteiger partial charge in [0.2, 0.25) is 0 Å². The van der Waals surface area contributed by atoms with Crippen LogP contribution in [0.1, 0.15) is 70.6 Å². The Bertz CT molecular complexity index is 1960. The Morgan fingerprint density at radius 2 is 0.927 bits per heavy atom. The van der Waals surface area contributed by atoms with Crippen LogP contribution in [0.15, 0.2) is 127 Å². The first-order chi connectivity index (χ1) is 27.1. The van der Waals surface area contributed by atoms with Gasteiger partial charge in [-0.25, -0.2) is 15.0 Å². The van der Waals surface area contributed by atoms with Gasteiger partial charge in [0.05, 0.1) is 18.3 Å². The normalized spacial score (nSPS) is 15.1. The van der Waals surface area contributed by atoms with Crippen molar-refractivity contribution in [2.75, 3.05) is 13.2 Å². The van der Waals surface area contributed by atoms with E-state index in [9.17, 15) is 10.2 Å². The third-order valence-corrected chi connectivity index (χ3v) is 10.4. The van der Waals surface area contributed by atoms with Crippen LogP contribution in [0.25, 0.3) is 56.4 Å². The Kier molecular flexibility index (Phi) is 13.3. The SMILES string of the molecule is Oc1cc(OCC(O)COC2CCCCCCCCCCC2)ccc1-c1nc(-c2ccc(-c3ccccc3)cc2)nc(-c2ccc(-c3ccccc3)cc2)n1. The van der Waals surface area contributed by atoms with Crippen LogP contribution in [0.2, 0.25) is 0 Å². The summed E-state index contributed by atoms with van der Waals surface area (Å²) >= 11 is 0. The van der Waals surface area contributed by atoms with E-state index in [1.807, 2.05) is 60.7 Å². The van der Waals surface area contributed by atoms with Crippen molar-refractivity contribution in [3.05, 3.63) is 127 Å². The molecule has 1 aliphatic rings. The molecular weight excluding hydrogens is 683 g/mol. The Labute approximate surface area is 325 Å². The minimum Gasteiger partial charge on any atom is -0.507 e. The average molecular weight is 734 g/mol. The molecule has 0 radical (unpaired) electrons. The topological polar surface area (TPSA) is 97.6 Å². The number of nitrogens with zero attached hydrogens (tertiary/aromatic N) is 3. The zero-order valence-electron chi connectivity index (χ0n) is 31.5. The third-order valence-electron chi connectivity index (χ3n) is 10.4. The predicted octanol–water partition coefficient (Wildman–Crippen LogP) is 11.3. The molecule has 5 aromatic carbocycles. The van der Waals surface area contributed by atoms with Gasteiger partial charge in [-0.3, -0.25) is 0 Å². The van der Waals surface area contributed by atoms with E-state index in [0.717, 1.165) is 46.2 Å². The maximum absolute atomic E-state index is 11.3. The van der Waals surface area contributed by atoms with Crippen molar-refractivity contribution in [1.82, 2.24) is 15.0 Å². The molecule has 1 unspecified atom stereocenters. The smallest absolute Gasteiger partial charge is 0.167 e. The molecule has 55 heavy (non-hydrogen) atoms. The lowest BCUT2D eigenvalue weighted by Gasteiger charge is -2.21. The molecule has 2 N–H and O–H groups in total. The highest BCUT2D eigenvalue weighted by atomic mass is 16.5. The number of aromatic hydroxyl groups is 1. The van der Waals surface area contributed by atoms with Gasteiger partial charge < -0.3 is 19.7 Å². The molecule has 7 nitrogen and oxygen atoms in total. The summed E-state index contributed by atoms with van der Waals surface area (Å²) in [6.07, 6.45) is 13.0. The summed E-state index contributed by atoms with van der Waals surface area (Å²) in [4.78, 5) is 14.6. The van der Waals surface area contributed by atoms with Gasteiger partial charge in [-0.05, 0) is 47.2 Å². The summed E-state index contributed by atoms with van der Waals surface area (Å²) in [5.74, 6) is 1.74. The van der Waals surface area contributed by atoms with E-state index >= 15 is 0 Å². The second kappa shape index (κ2) is 19.3. The molecule has 0 amide bonds. The first-order valence-electron chi connectivity index (χ1n) is 19.9. The highest BCUT2D eigenvalue weighted by molar-refractivity contribution is 5.73. The molecule has 1 saturated carbocycles. The Morgan fingerprint density at radius 3 is 1.42 bits per heavy atom. The van der Waals surface area contributed by atoms with E-state index < -0.39 is 6.10 Å². The summed E-state index contributed by atoms with van der Waals surface area (Å²) in [5.41, 5.74) is 6.56. The molecular formula is C48H51N3O4. The van der Waals surface area contributed by atoms with Gasteiger partial charge in [0.1, 0.15) is 24.2 Å². The number of hydrogen-bond donors (Lipinski definition) is 2. The van der Waals surface area contributed by atoms with Gasteiger partial charge in [0, 0.05) is 17.2 Å². The van der Waals surface area contributed by atoms with Gasteiger partial charge in [0.15, 0.2) is 17.5 Å². The van der Waals surface area contributed by atoms with Crippen molar-refractivity contribution in [2.45, 2.75) is 82.8 Å². The zero-order chi connectivity index (χ0) is 37.7. The average Bonchev–Trinajstić information content (AvgIpc) is 3.23. The summed E-state index contributed by atoms with van der Waals surface area (Å²) in [5, 5.41) is 22.0. The van der Waals surface area contributed by atoms with E-state index in [4.69, 9.17) is 24.4 Å². The van der Waals surface area contributed by atoms with Gasteiger partial charge >= 0.3 is 0 Å². The molecule has 6 aromatic rings. The summed E-state index contributed by atoms with van der Waals surface area (Å²) < 4.78 is 12.1. The Hall–Kier alpha value is -5.37. The van der Waals surface area contributed by atoms with Crippen molar-refractivity contribution in [3.63, 3.8) is 0 Å². The lowest BCUT2D eigenvalue weighted by atomic mass is 9.99. The molecule has 7 heteroatoms. The molecule has 1 aliphatic carbocycles. The van der Waals surface area contributed by atoms with Gasteiger partial charge in [-0.15, -0.1) is 0 Å². The maximum Gasteiger partial charge on any atom is 0.167 e. The number of rotatable bonds is 11. The summed E-state index contributed by atoms with van der Waals surface area (Å²) in [7, 11) is 0. The fourth-order valence-electron chi connectivity index (χ4n) is 7.21. The van der Waals surface area contributed by atoms with E-state index in [-0.39, 0.29) is 25.1 Å². The van der Waals surface area contributed by atoms with E-state index in [1.165, 1.54) is 57.8 Å². The summed E-state index contributed by atoms with van der Waals surface area (Å²) in [6.45, 7) is 0.285. The van der Waals surface area contributed by atoms with Crippen molar-refractivity contribution in [1.29, 1.82) is 0 Å². The van der Waals surface area contributed by atoms with Crippen LogP contribution in [0, 0.1) is 0 Å². The molecule has 1 atom stereocenters. The van der Waals surface area contributed by atoms with Gasteiger partial charge in [-0.2, -0.15) is 0 Å². The second-order valence-electron chi connectivity index (χ2n) is 14.6. The minimum absolute atomic E-state index is 0.0292. The quantitative estimate of drug-likeness (QED) is 0.137. The third kappa shape index (κ3) is 10.7. The van der Waals surface area contributed by atoms with E-state index in [2.05, 4.69) is 48.5 Å². The number of aliphatic hydroxyl groups excluding tert-OH is 1. The van der Waals surface area contributed by atoms with Crippen LogP contribution in [0.4, 0.5) is 0 Å². The molecule has 1 fully saturated rings. The number of phenolic OH excluding ortho intramolecular Hbond substituents is 1. The predicted molar refractivity (Wildman–Crippen MR) is 221 cm³/mol. The number of aromatic nitrogens is 3. The van der Waals surface area contributed by atoms with Crippen LogP contribution >= 0.6 is 0 Å². The molecule has 0 saturated heterocycles. The van der Waals surface area contributed by atoms with Crippen molar-refractivity contribution >= 4 is 0 Å². The van der Waals surface area contributed by atoms with E-state index in [1.54, 1.807) is 18.2 Å². The Balaban J connectivity index is 1.07. The highest BCUT2D eigenvalue weighted by Crippen LogP contribution is 2.34. The van der Waals surface area contributed by atoms with Crippen molar-refractivity contribution < 1.29 is 19.7 Å². The number of benzene rings is 5. The summed E-state index contributed by atoms with van der Waals surface area (Å²) in [6, 6.07) is 41.8. The van der Waals surface area contributed by atoms with Crippen LogP contribution in [-0.2, 0) is 4.74 Å². The maximum atomic E-state index is 11.3. The molecule has 282 valence electrons. The molecule has 0 spiro atoms. The molecule has 1 aromatic heterocycles. The van der Waals surface area contributed by atoms with Crippen LogP contribution < -0.4 is 4.74 Å². The molecule has 0 aliphatic heterocycles. The first-order valence-corrected chi connectivity index (χ1v) is 19.9. The zero-order valence-corrected chi connectivity index (χ0v) is 31.5. The standard InChI is InChI=1S/C48H51N3O4/c52-41(33-54-42-20-14-6-4-2-1-3-5-7-15-21-42)34-55-43-30-31-44(45(53)32-43)48-50-46(39-26-22-37(23-27-39)35-16-10-8-11-17-35)49-47(51-48)40-28-24-38(25-29-40)36-18-12-9-13-19-36/h8-13,16-19,22-32,41-42,52-53H,1-7,14-15,20-21,33-34H2. The van der Waals surface area contributed by atoms with Gasteiger partial charge in [-0.1, -0.05) is 167 Å².